The van der Waals surface area contributed by atoms with Crippen molar-refractivity contribution in [2.45, 2.75) is 9.79 Å². The highest BCUT2D eigenvalue weighted by atomic mass is 32.2. The molecule has 0 aliphatic heterocycles. The predicted octanol–water partition coefficient (Wildman–Crippen LogP) is 0.540. The van der Waals surface area contributed by atoms with Gasteiger partial charge in [-0.05, 0) is 35.9 Å². The number of aromatic nitrogens is 1. The molecule has 0 saturated carbocycles. The van der Waals surface area contributed by atoms with Gasteiger partial charge in [-0.15, -0.1) is 0 Å². The van der Waals surface area contributed by atoms with E-state index >= 15 is 0 Å². The molecule has 0 spiro atoms. The maximum absolute atomic E-state index is 12.9. The summed E-state index contributed by atoms with van der Waals surface area (Å²) in [5, 5.41) is 0.409. The minimum Gasteiger partial charge on any atom is -0.248 e. The van der Waals surface area contributed by atoms with Crippen LogP contribution in [0.5, 0.6) is 0 Å². The van der Waals surface area contributed by atoms with Crippen molar-refractivity contribution in [2.75, 3.05) is 6.26 Å². The van der Waals surface area contributed by atoms with Crippen LogP contribution >= 0.6 is 0 Å². The molecule has 0 radical (unpaired) electrons. The first-order valence-corrected chi connectivity index (χ1v) is 10.2. The van der Waals surface area contributed by atoms with Gasteiger partial charge in [0.1, 0.15) is 0 Å². The third-order valence-electron chi connectivity index (χ3n) is 3.62. The number of hydrogen-bond acceptors (Lipinski definition) is 4. The smallest absolute Gasteiger partial charge is 0.248 e. The van der Waals surface area contributed by atoms with Crippen LogP contribution in [0.4, 0.5) is 0 Å². The van der Waals surface area contributed by atoms with E-state index in [2.05, 4.69) is 0 Å². The van der Waals surface area contributed by atoms with Gasteiger partial charge in [-0.2, -0.15) is 0 Å². The van der Waals surface area contributed by atoms with Gasteiger partial charge >= 0.3 is 0 Å². The molecular weight excluding hydrogens is 333 g/mol. The lowest BCUT2D eigenvalue weighted by atomic mass is 10.1. The summed E-state index contributed by atoms with van der Waals surface area (Å²) in [6.45, 7) is 0. The van der Waals surface area contributed by atoms with Gasteiger partial charge in [0, 0.05) is 11.6 Å². The maximum Gasteiger partial charge on any atom is 0.267 e. The van der Waals surface area contributed by atoms with Crippen molar-refractivity contribution in [2.24, 2.45) is 0 Å². The lowest BCUT2D eigenvalue weighted by Gasteiger charge is -2.10. The van der Waals surface area contributed by atoms with Crippen molar-refractivity contribution in [1.29, 1.82) is 0 Å². The first-order chi connectivity index (χ1) is 10.7. The largest absolute Gasteiger partial charge is 0.267 e. The Hall–Kier alpha value is -2.06. The van der Waals surface area contributed by atoms with E-state index in [9.17, 15) is 16.8 Å². The maximum atomic E-state index is 12.9. The van der Waals surface area contributed by atoms with Crippen molar-refractivity contribution in [1.82, 2.24) is 3.97 Å². The zero-order valence-electron chi connectivity index (χ0n) is 12.6. The van der Waals surface area contributed by atoms with E-state index in [1.165, 1.54) is 22.2 Å². The molecule has 2 aromatic carbocycles. The molecule has 8 heteroatoms. The van der Waals surface area contributed by atoms with Crippen LogP contribution in [0.15, 0.2) is 64.4 Å². The SMILES string of the molecule is Bc1cc2c(S(C)(=O)=O)cccc2n1S(=O)(=O)c1ccccc1. The zero-order valence-corrected chi connectivity index (χ0v) is 14.2. The Balaban J connectivity index is 2.39. The Morgan fingerprint density at radius 2 is 1.57 bits per heavy atom. The molecule has 0 aliphatic carbocycles. The molecule has 3 aromatic rings. The van der Waals surface area contributed by atoms with Crippen LogP contribution < -0.4 is 5.59 Å². The molecule has 0 N–H and O–H groups in total. The molecule has 1 aromatic heterocycles. The molecular formula is C15H14BNO4S2. The lowest BCUT2D eigenvalue weighted by Crippen LogP contribution is -2.24. The summed E-state index contributed by atoms with van der Waals surface area (Å²) in [7, 11) is -5.60. The van der Waals surface area contributed by atoms with E-state index in [0.717, 1.165) is 6.26 Å². The molecule has 23 heavy (non-hydrogen) atoms. The quantitative estimate of drug-likeness (QED) is 0.649. The number of hydrogen-bond donors (Lipinski definition) is 0. The number of rotatable bonds is 3. The minimum atomic E-state index is -3.79. The number of sulfone groups is 1. The van der Waals surface area contributed by atoms with Crippen LogP contribution in [0.25, 0.3) is 10.9 Å². The fourth-order valence-electron chi connectivity index (χ4n) is 2.65. The van der Waals surface area contributed by atoms with Gasteiger partial charge in [0.2, 0.25) is 0 Å². The number of nitrogens with zero attached hydrogens (tertiary/aromatic N) is 1. The van der Waals surface area contributed by atoms with Gasteiger partial charge in [0.05, 0.1) is 15.3 Å². The Bertz CT molecular complexity index is 1100. The van der Waals surface area contributed by atoms with Crippen molar-refractivity contribution in [3.63, 3.8) is 0 Å². The van der Waals surface area contributed by atoms with Gasteiger partial charge < -0.3 is 0 Å². The van der Waals surface area contributed by atoms with E-state index in [1.54, 1.807) is 44.2 Å². The molecule has 0 atom stereocenters. The average molecular weight is 347 g/mol. The summed E-state index contributed by atoms with van der Waals surface area (Å²) >= 11 is 0. The summed E-state index contributed by atoms with van der Waals surface area (Å²) < 4.78 is 50.9. The zero-order chi connectivity index (χ0) is 16.8. The van der Waals surface area contributed by atoms with Crippen LogP contribution in [0, 0.1) is 0 Å². The van der Waals surface area contributed by atoms with Crippen LogP contribution in [0.3, 0.4) is 0 Å². The number of fused-ring (bicyclic) bond motifs is 1. The summed E-state index contributed by atoms with van der Waals surface area (Å²) in [5.41, 5.74) is 0.814. The minimum absolute atomic E-state index is 0.125. The summed E-state index contributed by atoms with van der Waals surface area (Å²) in [6.07, 6.45) is 1.11. The van der Waals surface area contributed by atoms with Gasteiger partial charge in [-0.1, -0.05) is 24.3 Å². The van der Waals surface area contributed by atoms with Crippen LogP contribution in [0.1, 0.15) is 0 Å². The Morgan fingerprint density at radius 3 is 2.17 bits per heavy atom. The standard InChI is InChI=1S/C15H14BNO4S2/c1-22(18,19)14-9-5-8-13-12(14)10-15(16)17(13)23(20,21)11-6-3-2-4-7-11/h2-10H,16H2,1H3. The highest BCUT2D eigenvalue weighted by Gasteiger charge is 2.23. The first-order valence-electron chi connectivity index (χ1n) is 6.85. The van der Waals surface area contributed by atoms with Gasteiger partial charge in [0.25, 0.3) is 10.0 Å². The van der Waals surface area contributed by atoms with Crippen molar-refractivity contribution < 1.29 is 16.8 Å². The summed E-state index contributed by atoms with van der Waals surface area (Å²) in [6, 6.07) is 14.3. The number of benzene rings is 2. The highest BCUT2D eigenvalue weighted by molar-refractivity contribution is 7.91. The monoisotopic (exact) mass is 347 g/mol. The Morgan fingerprint density at radius 1 is 0.913 bits per heavy atom. The Labute approximate surface area is 135 Å². The van der Waals surface area contributed by atoms with E-state index in [1.807, 2.05) is 0 Å². The average Bonchev–Trinajstić information content (AvgIpc) is 2.83. The van der Waals surface area contributed by atoms with Crippen LogP contribution in [-0.4, -0.2) is 34.9 Å². The van der Waals surface area contributed by atoms with Crippen molar-refractivity contribution in [3.05, 3.63) is 54.6 Å². The molecule has 1 heterocycles. The second-order valence-corrected chi connectivity index (χ2v) is 9.10. The predicted molar refractivity (Wildman–Crippen MR) is 92.3 cm³/mol. The fraction of sp³-hybridized carbons (Fsp3) is 0.0667. The molecule has 0 fully saturated rings. The Kier molecular flexibility index (Phi) is 3.61. The molecule has 0 aliphatic rings. The van der Waals surface area contributed by atoms with E-state index in [4.69, 9.17) is 0 Å². The third-order valence-corrected chi connectivity index (χ3v) is 6.60. The topological polar surface area (TPSA) is 73.2 Å². The normalized spacial score (nSPS) is 12.6. The van der Waals surface area contributed by atoms with E-state index in [0.29, 0.717) is 16.5 Å². The van der Waals surface area contributed by atoms with Gasteiger partial charge in [0.15, 0.2) is 17.7 Å². The molecule has 0 saturated heterocycles. The van der Waals surface area contributed by atoms with Gasteiger partial charge in [-0.3, -0.25) is 0 Å². The molecule has 0 bridgehead atoms. The van der Waals surface area contributed by atoms with Crippen LogP contribution in [-0.2, 0) is 19.9 Å². The molecule has 0 amide bonds. The van der Waals surface area contributed by atoms with E-state index in [-0.39, 0.29) is 9.79 Å². The fourth-order valence-corrected chi connectivity index (χ4v) is 5.10. The molecule has 3 rings (SSSR count). The van der Waals surface area contributed by atoms with Gasteiger partial charge in [-0.25, -0.2) is 20.8 Å². The second-order valence-electron chi connectivity index (χ2n) is 5.33. The molecule has 5 nitrogen and oxygen atoms in total. The van der Waals surface area contributed by atoms with Crippen molar-refractivity contribution in [3.8, 4) is 0 Å². The highest BCUT2D eigenvalue weighted by Crippen LogP contribution is 2.26. The lowest BCUT2D eigenvalue weighted by molar-refractivity contribution is 0.589. The summed E-state index contributed by atoms with van der Waals surface area (Å²) in [4.78, 5) is 0.283. The van der Waals surface area contributed by atoms with Crippen LogP contribution in [0.2, 0.25) is 0 Å². The second kappa shape index (κ2) is 5.24. The molecule has 0 unspecified atom stereocenters. The summed E-state index contributed by atoms with van der Waals surface area (Å²) in [5.74, 6) is 0. The van der Waals surface area contributed by atoms with E-state index < -0.39 is 19.9 Å². The molecule has 118 valence electrons. The first kappa shape index (κ1) is 15.8. The third kappa shape index (κ3) is 2.57. The van der Waals surface area contributed by atoms with Crippen molar-refractivity contribution >= 4 is 44.2 Å².